The molecule has 0 saturated heterocycles. The van der Waals surface area contributed by atoms with Gasteiger partial charge in [-0.15, -0.1) is 0 Å². The van der Waals surface area contributed by atoms with E-state index in [1.165, 1.54) is 12.1 Å². The fraction of sp³-hybridized carbons (Fsp3) is 0. The third-order valence-corrected chi connectivity index (χ3v) is 2.81. The summed E-state index contributed by atoms with van der Waals surface area (Å²) >= 11 is 0. The SMILES string of the molecule is Oc1ccc(-c2ccc3ccccc3[o+]2)cc1O.[Cl-]. The van der Waals surface area contributed by atoms with Crippen LogP contribution in [-0.4, -0.2) is 10.2 Å². The van der Waals surface area contributed by atoms with Gasteiger partial charge < -0.3 is 22.6 Å². The average molecular weight is 275 g/mol. The van der Waals surface area contributed by atoms with Crippen LogP contribution in [0.2, 0.25) is 0 Å². The van der Waals surface area contributed by atoms with E-state index in [0.717, 1.165) is 16.5 Å². The monoisotopic (exact) mass is 274 g/mol. The van der Waals surface area contributed by atoms with E-state index in [1.54, 1.807) is 6.07 Å². The Balaban J connectivity index is 0.00000133. The van der Waals surface area contributed by atoms with E-state index in [2.05, 4.69) is 0 Å². The van der Waals surface area contributed by atoms with Crippen molar-refractivity contribution in [2.24, 2.45) is 0 Å². The van der Waals surface area contributed by atoms with Crippen molar-refractivity contribution in [3.05, 3.63) is 54.6 Å². The topological polar surface area (TPSA) is 51.8 Å². The van der Waals surface area contributed by atoms with Crippen molar-refractivity contribution in [3.63, 3.8) is 0 Å². The van der Waals surface area contributed by atoms with Gasteiger partial charge in [-0.05, 0) is 24.3 Å². The van der Waals surface area contributed by atoms with E-state index in [9.17, 15) is 10.2 Å². The van der Waals surface area contributed by atoms with E-state index in [1.807, 2.05) is 36.4 Å². The number of phenolic OH excluding ortho intramolecular Hbond substituents is 2. The van der Waals surface area contributed by atoms with Gasteiger partial charge in [0.05, 0.1) is 10.9 Å². The molecule has 3 nitrogen and oxygen atoms in total. The van der Waals surface area contributed by atoms with Gasteiger partial charge in [0.15, 0.2) is 11.5 Å². The standard InChI is InChI=1S/C15H10O3.ClH/c16-12-7-5-11(9-13(12)17)15-8-6-10-3-1-2-4-14(10)18-15;/h1-9H,(H-,16,17);1H. The molecule has 0 radical (unpaired) electrons. The Morgan fingerprint density at radius 2 is 1.58 bits per heavy atom. The number of fused-ring (bicyclic) bond motifs is 1. The molecule has 1 heterocycles. The van der Waals surface area contributed by atoms with Crippen LogP contribution in [0, 0.1) is 0 Å². The quantitative estimate of drug-likeness (QED) is 0.510. The van der Waals surface area contributed by atoms with Crippen molar-refractivity contribution in [3.8, 4) is 22.8 Å². The minimum absolute atomic E-state index is 0. The van der Waals surface area contributed by atoms with Crippen LogP contribution in [0.25, 0.3) is 22.3 Å². The van der Waals surface area contributed by atoms with Crippen LogP contribution in [0.1, 0.15) is 0 Å². The highest BCUT2D eigenvalue weighted by molar-refractivity contribution is 5.78. The summed E-state index contributed by atoms with van der Waals surface area (Å²) in [6.07, 6.45) is 0. The zero-order valence-corrected chi connectivity index (χ0v) is 10.6. The van der Waals surface area contributed by atoms with Gasteiger partial charge in [-0.2, -0.15) is 0 Å². The van der Waals surface area contributed by atoms with Crippen LogP contribution in [0.3, 0.4) is 0 Å². The van der Waals surface area contributed by atoms with E-state index in [-0.39, 0.29) is 23.9 Å². The summed E-state index contributed by atoms with van der Waals surface area (Å²) < 4.78 is 5.75. The van der Waals surface area contributed by atoms with Crippen molar-refractivity contribution in [2.75, 3.05) is 0 Å². The zero-order valence-electron chi connectivity index (χ0n) is 9.88. The third-order valence-electron chi connectivity index (χ3n) is 2.81. The highest BCUT2D eigenvalue weighted by atomic mass is 35.5. The minimum Gasteiger partial charge on any atom is -1.00 e. The summed E-state index contributed by atoms with van der Waals surface area (Å²) in [5.74, 6) is 0.347. The van der Waals surface area contributed by atoms with Gasteiger partial charge in [0.25, 0.3) is 0 Å². The average Bonchev–Trinajstić information content (AvgIpc) is 2.41. The Hall–Kier alpha value is -2.26. The predicted molar refractivity (Wildman–Crippen MR) is 69.4 cm³/mol. The maximum atomic E-state index is 9.48. The van der Waals surface area contributed by atoms with Crippen molar-refractivity contribution < 1.29 is 27.0 Å². The Bertz CT molecular complexity index is 725. The second kappa shape index (κ2) is 5.16. The van der Waals surface area contributed by atoms with Gasteiger partial charge in [-0.3, -0.25) is 0 Å². The first-order chi connectivity index (χ1) is 8.74. The third kappa shape index (κ3) is 2.46. The summed E-state index contributed by atoms with van der Waals surface area (Å²) in [7, 11) is 0. The lowest BCUT2D eigenvalue weighted by atomic mass is 10.1. The number of phenols is 2. The maximum Gasteiger partial charge on any atom is 0.360 e. The summed E-state index contributed by atoms with van der Waals surface area (Å²) in [4.78, 5) is 0. The van der Waals surface area contributed by atoms with Gasteiger partial charge in [0.2, 0.25) is 0 Å². The largest absolute Gasteiger partial charge is 1.00 e. The summed E-state index contributed by atoms with van der Waals surface area (Å²) in [6.45, 7) is 0. The Morgan fingerprint density at radius 3 is 2.37 bits per heavy atom. The van der Waals surface area contributed by atoms with Crippen LogP contribution >= 0.6 is 0 Å². The molecular formula is C15H11ClO3. The van der Waals surface area contributed by atoms with Gasteiger partial charge in [-0.1, -0.05) is 12.1 Å². The first-order valence-electron chi connectivity index (χ1n) is 5.58. The lowest BCUT2D eigenvalue weighted by Crippen LogP contribution is -3.00. The lowest BCUT2D eigenvalue weighted by Gasteiger charge is -1.97. The number of benzene rings is 2. The smallest absolute Gasteiger partial charge is 0.360 e. The van der Waals surface area contributed by atoms with E-state index in [4.69, 9.17) is 4.42 Å². The van der Waals surface area contributed by atoms with Crippen LogP contribution in [0.4, 0.5) is 0 Å². The first kappa shape index (κ1) is 13.2. The van der Waals surface area contributed by atoms with Crippen molar-refractivity contribution in [1.29, 1.82) is 0 Å². The number of aromatic hydroxyl groups is 2. The molecule has 0 unspecified atom stereocenters. The molecule has 3 rings (SSSR count). The number of hydrogen-bond acceptors (Lipinski definition) is 2. The van der Waals surface area contributed by atoms with Crippen molar-refractivity contribution >= 4 is 11.0 Å². The molecule has 0 bridgehead atoms. The molecule has 0 saturated carbocycles. The van der Waals surface area contributed by atoms with Crippen LogP contribution < -0.4 is 12.4 Å². The molecule has 4 heteroatoms. The highest BCUT2D eigenvalue weighted by Crippen LogP contribution is 2.31. The van der Waals surface area contributed by atoms with Gasteiger partial charge in [0, 0.05) is 18.2 Å². The van der Waals surface area contributed by atoms with Crippen molar-refractivity contribution in [1.82, 2.24) is 0 Å². The molecule has 96 valence electrons. The number of hydrogen-bond donors (Lipinski definition) is 2. The van der Waals surface area contributed by atoms with Gasteiger partial charge >= 0.3 is 11.3 Å². The van der Waals surface area contributed by atoms with Gasteiger partial charge in [-0.25, -0.2) is 4.42 Å². The number of rotatable bonds is 1. The Kier molecular flexibility index (Phi) is 3.58. The summed E-state index contributed by atoms with van der Waals surface area (Å²) in [5, 5.41) is 19.8. The molecule has 0 aliphatic rings. The van der Waals surface area contributed by atoms with Crippen molar-refractivity contribution in [2.45, 2.75) is 0 Å². The van der Waals surface area contributed by atoms with Crippen LogP contribution in [-0.2, 0) is 0 Å². The van der Waals surface area contributed by atoms with E-state index in [0.29, 0.717) is 5.76 Å². The van der Waals surface area contributed by atoms with E-state index >= 15 is 0 Å². The lowest BCUT2D eigenvalue weighted by molar-refractivity contribution is -0.00000577. The molecule has 0 amide bonds. The van der Waals surface area contributed by atoms with Crippen LogP contribution in [0.5, 0.6) is 11.5 Å². The second-order valence-electron chi connectivity index (χ2n) is 4.04. The fourth-order valence-corrected chi connectivity index (χ4v) is 1.86. The van der Waals surface area contributed by atoms with E-state index < -0.39 is 0 Å². The molecule has 1 aromatic heterocycles. The molecule has 2 N–H and O–H groups in total. The predicted octanol–water partition coefficient (Wildman–Crippen LogP) is 0.796. The Labute approximate surface area is 116 Å². The zero-order chi connectivity index (χ0) is 12.5. The van der Waals surface area contributed by atoms with Gasteiger partial charge in [0.1, 0.15) is 0 Å². The first-order valence-corrected chi connectivity index (χ1v) is 5.58. The molecule has 0 spiro atoms. The number of para-hydroxylation sites is 1. The fourth-order valence-electron chi connectivity index (χ4n) is 1.86. The summed E-state index contributed by atoms with van der Waals surface area (Å²) in [5.41, 5.74) is 1.50. The Morgan fingerprint density at radius 1 is 0.789 bits per heavy atom. The molecule has 0 atom stereocenters. The molecule has 19 heavy (non-hydrogen) atoms. The molecule has 0 aliphatic carbocycles. The minimum atomic E-state index is -0.157. The molecule has 3 aromatic rings. The normalized spacial score (nSPS) is 10.1. The molecule has 0 aliphatic heterocycles. The molecular weight excluding hydrogens is 264 g/mol. The second-order valence-corrected chi connectivity index (χ2v) is 4.04. The summed E-state index contributed by atoms with van der Waals surface area (Å²) in [6, 6.07) is 16.1. The van der Waals surface area contributed by atoms with Crippen LogP contribution in [0.15, 0.2) is 59.0 Å². The highest BCUT2D eigenvalue weighted by Gasteiger charge is 2.15. The maximum absolute atomic E-state index is 9.48. The molecule has 0 fully saturated rings. The molecule has 2 aromatic carbocycles. The number of halogens is 1.